The highest BCUT2D eigenvalue weighted by molar-refractivity contribution is 5.95. The first-order valence-corrected chi connectivity index (χ1v) is 10.5. The van der Waals surface area contributed by atoms with E-state index in [0.29, 0.717) is 37.6 Å². The molecule has 8 heteroatoms. The smallest absolute Gasteiger partial charge is 0.227 e. The predicted molar refractivity (Wildman–Crippen MR) is 118 cm³/mol. The molecule has 1 fully saturated rings. The molecule has 1 saturated heterocycles. The van der Waals surface area contributed by atoms with Crippen LogP contribution in [-0.4, -0.2) is 49.4 Å². The van der Waals surface area contributed by atoms with Gasteiger partial charge in [0.15, 0.2) is 0 Å². The quantitative estimate of drug-likeness (QED) is 0.669. The van der Waals surface area contributed by atoms with Crippen molar-refractivity contribution in [2.24, 2.45) is 0 Å². The molecule has 7 nitrogen and oxygen atoms in total. The van der Waals surface area contributed by atoms with Crippen molar-refractivity contribution in [1.82, 2.24) is 4.90 Å². The van der Waals surface area contributed by atoms with Crippen molar-refractivity contribution in [3.8, 4) is 12.1 Å². The molecule has 1 aliphatic heterocycles. The Labute approximate surface area is 186 Å². The molecule has 1 aliphatic rings. The predicted octanol–water partition coefficient (Wildman–Crippen LogP) is 3.07. The lowest BCUT2D eigenvalue weighted by molar-refractivity contribution is -0.133. The van der Waals surface area contributed by atoms with Gasteiger partial charge in [-0.1, -0.05) is 24.3 Å². The second kappa shape index (κ2) is 10.9. The third-order valence-corrected chi connectivity index (χ3v) is 5.45. The lowest BCUT2D eigenvalue weighted by Gasteiger charge is -2.36. The summed E-state index contributed by atoms with van der Waals surface area (Å²) in [6.45, 7) is 2.11. The van der Waals surface area contributed by atoms with Gasteiger partial charge < -0.3 is 14.7 Å². The highest BCUT2D eigenvalue weighted by Crippen LogP contribution is 2.24. The van der Waals surface area contributed by atoms with Crippen LogP contribution in [-0.2, 0) is 9.59 Å². The van der Waals surface area contributed by atoms with Crippen molar-refractivity contribution in [3.05, 3.63) is 59.9 Å². The van der Waals surface area contributed by atoms with Gasteiger partial charge in [0.2, 0.25) is 11.8 Å². The molecule has 0 atom stereocenters. The van der Waals surface area contributed by atoms with Crippen LogP contribution in [0.3, 0.4) is 0 Å². The number of hydrogen-bond acceptors (Lipinski definition) is 5. The SMILES string of the molecule is N#CCCN(C(=O)CCC(=O)N1CCN(c2cccc(F)c2C#N)CC1)c1ccccc1. The molecule has 0 aromatic heterocycles. The van der Waals surface area contributed by atoms with Crippen LogP contribution in [0.5, 0.6) is 0 Å². The Morgan fingerprint density at radius 1 is 0.969 bits per heavy atom. The number of piperazine rings is 1. The molecule has 0 aliphatic carbocycles. The van der Waals surface area contributed by atoms with E-state index in [9.17, 15) is 19.2 Å². The second-order valence-electron chi connectivity index (χ2n) is 7.40. The first kappa shape index (κ1) is 22.8. The maximum atomic E-state index is 13.9. The van der Waals surface area contributed by atoms with Crippen LogP contribution in [0, 0.1) is 28.5 Å². The Balaban J connectivity index is 1.55. The zero-order valence-corrected chi connectivity index (χ0v) is 17.7. The Kier molecular flexibility index (Phi) is 7.77. The molecule has 2 aromatic carbocycles. The number of carbonyl (C=O) groups excluding carboxylic acids is 2. The number of para-hydroxylation sites is 1. The second-order valence-corrected chi connectivity index (χ2v) is 7.40. The van der Waals surface area contributed by atoms with E-state index in [-0.39, 0.29) is 43.2 Å². The molecule has 32 heavy (non-hydrogen) atoms. The van der Waals surface area contributed by atoms with Crippen molar-refractivity contribution in [1.29, 1.82) is 10.5 Å². The van der Waals surface area contributed by atoms with Gasteiger partial charge in [-0.3, -0.25) is 9.59 Å². The largest absolute Gasteiger partial charge is 0.367 e. The number of amides is 2. The zero-order valence-electron chi connectivity index (χ0n) is 17.7. The molecule has 2 aromatic rings. The minimum Gasteiger partial charge on any atom is -0.367 e. The van der Waals surface area contributed by atoms with Crippen LogP contribution in [0.25, 0.3) is 0 Å². The molecular weight excluding hydrogens is 409 g/mol. The van der Waals surface area contributed by atoms with E-state index >= 15 is 0 Å². The minimum absolute atomic E-state index is 0.0104. The Morgan fingerprint density at radius 3 is 2.34 bits per heavy atom. The van der Waals surface area contributed by atoms with Gasteiger partial charge in [-0.15, -0.1) is 0 Å². The summed E-state index contributed by atoms with van der Waals surface area (Å²) in [6.07, 6.45) is 0.348. The molecule has 0 radical (unpaired) electrons. The normalized spacial score (nSPS) is 13.2. The maximum Gasteiger partial charge on any atom is 0.227 e. The lowest BCUT2D eigenvalue weighted by Crippen LogP contribution is -2.49. The van der Waals surface area contributed by atoms with E-state index in [4.69, 9.17) is 5.26 Å². The molecule has 2 amide bonds. The van der Waals surface area contributed by atoms with Crippen molar-refractivity contribution < 1.29 is 14.0 Å². The summed E-state index contributed by atoms with van der Waals surface area (Å²) in [5, 5.41) is 18.1. The summed E-state index contributed by atoms with van der Waals surface area (Å²) in [7, 11) is 0. The van der Waals surface area contributed by atoms with Gasteiger partial charge in [0.25, 0.3) is 0 Å². The summed E-state index contributed by atoms with van der Waals surface area (Å²) >= 11 is 0. The number of nitrogens with zero attached hydrogens (tertiary/aromatic N) is 5. The van der Waals surface area contributed by atoms with Gasteiger partial charge in [0.05, 0.1) is 18.2 Å². The number of halogens is 1. The fourth-order valence-electron chi connectivity index (χ4n) is 3.76. The Bertz CT molecular complexity index is 1040. The van der Waals surface area contributed by atoms with Gasteiger partial charge in [-0.05, 0) is 24.3 Å². The number of hydrogen-bond donors (Lipinski definition) is 0. The van der Waals surface area contributed by atoms with Crippen molar-refractivity contribution in [2.75, 3.05) is 42.5 Å². The molecule has 0 spiro atoms. The average Bonchev–Trinajstić information content (AvgIpc) is 2.83. The van der Waals surface area contributed by atoms with E-state index < -0.39 is 5.82 Å². The Morgan fingerprint density at radius 2 is 1.69 bits per heavy atom. The van der Waals surface area contributed by atoms with E-state index in [0.717, 1.165) is 0 Å². The van der Waals surface area contributed by atoms with Crippen LogP contribution >= 0.6 is 0 Å². The first-order valence-electron chi connectivity index (χ1n) is 10.5. The van der Waals surface area contributed by atoms with Crippen LogP contribution in [0.4, 0.5) is 15.8 Å². The first-order chi connectivity index (χ1) is 15.5. The molecule has 1 heterocycles. The fraction of sp³-hybridized carbons (Fsp3) is 0.333. The van der Waals surface area contributed by atoms with E-state index in [1.54, 1.807) is 34.1 Å². The van der Waals surface area contributed by atoms with Gasteiger partial charge in [-0.2, -0.15) is 10.5 Å². The van der Waals surface area contributed by atoms with Crippen LogP contribution < -0.4 is 9.80 Å². The summed E-state index contributed by atoms with van der Waals surface area (Å²) in [6, 6.07) is 17.6. The summed E-state index contributed by atoms with van der Waals surface area (Å²) < 4.78 is 13.9. The molecule has 0 unspecified atom stereocenters. The molecule has 0 bridgehead atoms. The third kappa shape index (κ3) is 5.41. The van der Waals surface area contributed by atoms with E-state index in [1.165, 1.54) is 6.07 Å². The Hall–Kier alpha value is -3.91. The molecule has 0 saturated carbocycles. The van der Waals surface area contributed by atoms with Crippen molar-refractivity contribution >= 4 is 23.2 Å². The topological polar surface area (TPSA) is 91.4 Å². The molecule has 0 N–H and O–H groups in total. The third-order valence-electron chi connectivity index (χ3n) is 5.45. The number of benzene rings is 2. The van der Waals surface area contributed by atoms with Gasteiger partial charge >= 0.3 is 0 Å². The van der Waals surface area contributed by atoms with Gasteiger partial charge in [0, 0.05) is 51.3 Å². The number of rotatable bonds is 7. The minimum atomic E-state index is -0.554. The average molecular weight is 433 g/mol. The lowest BCUT2D eigenvalue weighted by atomic mass is 10.1. The maximum absolute atomic E-state index is 13.9. The summed E-state index contributed by atoms with van der Waals surface area (Å²) in [5.74, 6) is -0.871. The molecule has 3 rings (SSSR count). The van der Waals surface area contributed by atoms with Crippen molar-refractivity contribution in [2.45, 2.75) is 19.3 Å². The van der Waals surface area contributed by atoms with Crippen LogP contribution in [0.15, 0.2) is 48.5 Å². The highest BCUT2D eigenvalue weighted by atomic mass is 19.1. The number of anilines is 2. The van der Waals surface area contributed by atoms with Crippen molar-refractivity contribution in [3.63, 3.8) is 0 Å². The zero-order chi connectivity index (χ0) is 22.9. The van der Waals surface area contributed by atoms with E-state index in [2.05, 4.69) is 6.07 Å². The number of nitriles is 2. The van der Waals surface area contributed by atoms with Crippen LogP contribution in [0.1, 0.15) is 24.8 Å². The van der Waals surface area contributed by atoms with Gasteiger partial charge in [0.1, 0.15) is 17.4 Å². The van der Waals surface area contributed by atoms with E-state index in [1.807, 2.05) is 29.2 Å². The fourth-order valence-corrected chi connectivity index (χ4v) is 3.76. The standard InChI is InChI=1S/C24H24FN5O2/c25-21-8-4-9-22(20(21)18-27)28-14-16-29(17-15-28)23(31)10-11-24(32)30(13-5-12-26)19-6-2-1-3-7-19/h1-4,6-9H,5,10-11,13-17H2. The summed E-state index contributed by atoms with van der Waals surface area (Å²) in [5.41, 5.74) is 1.25. The van der Waals surface area contributed by atoms with Crippen LogP contribution in [0.2, 0.25) is 0 Å². The molecule has 164 valence electrons. The molecular formula is C24H24FN5O2. The number of carbonyl (C=O) groups is 2. The monoisotopic (exact) mass is 433 g/mol. The summed E-state index contributed by atoms with van der Waals surface area (Å²) in [4.78, 5) is 30.5. The van der Waals surface area contributed by atoms with Gasteiger partial charge in [-0.25, -0.2) is 4.39 Å². The highest BCUT2D eigenvalue weighted by Gasteiger charge is 2.25.